The highest BCUT2D eigenvalue weighted by Gasteiger charge is 2.21. The summed E-state index contributed by atoms with van der Waals surface area (Å²) in [5.41, 5.74) is 7.76. The number of fused-ring (bicyclic) bond motifs is 1. The number of primary amides is 1. The van der Waals surface area contributed by atoms with Crippen molar-refractivity contribution in [2.75, 3.05) is 12.0 Å². The maximum atomic E-state index is 13.6. The minimum absolute atomic E-state index is 0.0572. The van der Waals surface area contributed by atoms with E-state index in [0.29, 0.717) is 22.7 Å². The van der Waals surface area contributed by atoms with Crippen molar-refractivity contribution in [2.24, 2.45) is 5.73 Å². The highest BCUT2D eigenvalue weighted by molar-refractivity contribution is 6.04. The standard InChI is InChI=1S/C28H28N4O4/c1-18(2)20-10-8-19(9-11-20)16-31(21-12-14-22(36-3)15-13-21)25(33)17-32-28(35)24-7-5-4-6-23(24)26(30-32)27(29)34/h4-15,18H,16-17H2,1-3H3,(H2,29,34). The number of nitrogens with two attached hydrogens (primary N) is 1. The smallest absolute Gasteiger partial charge is 0.275 e. The van der Waals surface area contributed by atoms with Crippen LogP contribution >= 0.6 is 0 Å². The van der Waals surface area contributed by atoms with Crippen LogP contribution in [0.4, 0.5) is 5.69 Å². The Bertz CT molecular complexity index is 1460. The zero-order valence-electron chi connectivity index (χ0n) is 20.5. The second-order valence-corrected chi connectivity index (χ2v) is 8.80. The van der Waals surface area contributed by atoms with Crippen molar-refractivity contribution in [3.63, 3.8) is 0 Å². The Balaban J connectivity index is 1.72. The summed E-state index contributed by atoms with van der Waals surface area (Å²) in [6.07, 6.45) is 0. The molecule has 4 rings (SSSR count). The lowest BCUT2D eigenvalue weighted by Gasteiger charge is -2.24. The molecule has 0 atom stereocenters. The molecule has 0 saturated carbocycles. The van der Waals surface area contributed by atoms with E-state index in [0.717, 1.165) is 10.2 Å². The van der Waals surface area contributed by atoms with Crippen LogP contribution in [0.3, 0.4) is 0 Å². The fraction of sp³-hybridized carbons (Fsp3) is 0.214. The number of amides is 2. The maximum Gasteiger partial charge on any atom is 0.275 e. The molecule has 8 nitrogen and oxygen atoms in total. The summed E-state index contributed by atoms with van der Waals surface area (Å²) in [4.78, 5) is 40.3. The topological polar surface area (TPSA) is 108 Å². The summed E-state index contributed by atoms with van der Waals surface area (Å²) in [6, 6.07) is 21.8. The molecule has 36 heavy (non-hydrogen) atoms. The molecule has 0 aliphatic carbocycles. The fourth-order valence-electron chi connectivity index (χ4n) is 4.01. The number of hydrogen-bond donors (Lipinski definition) is 1. The van der Waals surface area contributed by atoms with Gasteiger partial charge in [-0.3, -0.25) is 14.4 Å². The number of hydrogen-bond acceptors (Lipinski definition) is 5. The largest absolute Gasteiger partial charge is 0.497 e. The van der Waals surface area contributed by atoms with Crippen LogP contribution < -0.4 is 20.9 Å². The van der Waals surface area contributed by atoms with Gasteiger partial charge in [-0.25, -0.2) is 4.68 Å². The highest BCUT2D eigenvalue weighted by Crippen LogP contribution is 2.23. The number of aromatic nitrogens is 2. The van der Waals surface area contributed by atoms with Crippen molar-refractivity contribution in [2.45, 2.75) is 32.9 Å². The van der Waals surface area contributed by atoms with Gasteiger partial charge in [0.25, 0.3) is 11.5 Å². The van der Waals surface area contributed by atoms with E-state index in [-0.39, 0.29) is 30.1 Å². The lowest BCUT2D eigenvalue weighted by molar-refractivity contribution is -0.119. The van der Waals surface area contributed by atoms with Crippen LogP contribution in [-0.2, 0) is 17.9 Å². The summed E-state index contributed by atoms with van der Waals surface area (Å²) >= 11 is 0. The third-order valence-electron chi connectivity index (χ3n) is 6.06. The monoisotopic (exact) mass is 484 g/mol. The van der Waals surface area contributed by atoms with Gasteiger partial charge >= 0.3 is 0 Å². The number of carbonyl (C=O) groups excluding carboxylic acids is 2. The normalized spacial score (nSPS) is 11.0. The van der Waals surface area contributed by atoms with Crippen molar-refractivity contribution in [1.82, 2.24) is 9.78 Å². The molecular weight excluding hydrogens is 456 g/mol. The van der Waals surface area contributed by atoms with Crippen LogP contribution in [-0.4, -0.2) is 28.7 Å². The molecule has 2 N–H and O–H groups in total. The first-order valence-electron chi connectivity index (χ1n) is 11.6. The second kappa shape index (κ2) is 10.4. The van der Waals surface area contributed by atoms with Gasteiger partial charge in [-0.05, 0) is 47.4 Å². The van der Waals surface area contributed by atoms with Crippen LogP contribution in [0.25, 0.3) is 10.8 Å². The van der Waals surface area contributed by atoms with Gasteiger partial charge in [0.2, 0.25) is 5.91 Å². The van der Waals surface area contributed by atoms with E-state index < -0.39 is 11.5 Å². The molecule has 0 fully saturated rings. The summed E-state index contributed by atoms with van der Waals surface area (Å²) in [7, 11) is 1.57. The minimum Gasteiger partial charge on any atom is -0.497 e. The SMILES string of the molecule is COc1ccc(N(Cc2ccc(C(C)C)cc2)C(=O)Cn2nc(C(N)=O)c3ccccc3c2=O)cc1. The predicted molar refractivity (Wildman–Crippen MR) is 139 cm³/mol. The Labute approximate surface area is 208 Å². The van der Waals surface area contributed by atoms with Gasteiger partial charge in [0, 0.05) is 11.1 Å². The van der Waals surface area contributed by atoms with E-state index in [9.17, 15) is 14.4 Å². The number of rotatable bonds is 8. The van der Waals surface area contributed by atoms with Crippen LogP contribution in [0, 0.1) is 0 Å². The van der Waals surface area contributed by atoms with Crippen molar-refractivity contribution < 1.29 is 14.3 Å². The van der Waals surface area contributed by atoms with E-state index in [1.165, 1.54) is 5.56 Å². The number of anilines is 1. The first-order chi connectivity index (χ1) is 17.3. The first kappa shape index (κ1) is 24.7. The summed E-state index contributed by atoms with van der Waals surface area (Å²) in [5, 5.41) is 4.77. The lowest BCUT2D eigenvalue weighted by atomic mass is 10.0. The van der Waals surface area contributed by atoms with Crippen LogP contribution in [0.1, 0.15) is 41.4 Å². The molecule has 0 bridgehead atoms. The Hall–Kier alpha value is -4.46. The molecule has 4 aromatic rings. The maximum absolute atomic E-state index is 13.6. The highest BCUT2D eigenvalue weighted by atomic mass is 16.5. The van der Waals surface area contributed by atoms with Gasteiger partial charge in [0.05, 0.1) is 19.0 Å². The van der Waals surface area contributed by atoms with Crippen LogP contribution in [0.15, 0.2) is 77.6 Å². The molecule has 2 amide bonds. The van der Waals surface area contributed by atoms with Gasteiger partial charge in [0.15, 0.2) is 5.69 Å². The van der Waals surface area contributed by atoms with Crippen molar-refractivity contribution in [3.05, 3.63) is 100.0 Å². The molecule has 184 valence electrons. The molecule has 0 aliphatic rings. The van der Waals surface area contributed by atoms with E-state index in [4.69, 9.17) is 10.5 Å². The molecule has 0 radical (unpaired) electrons. The van der Waals surface area contributed by atoms with Crippen molar-refractivity contribution in [1.29, 1.82) is 0 Å². The summed E-state index contributed by atoms with van der Waals surface area (Å²) < 4.78 is 6.25. The first-order valence-corrected chi connectivity index (χ1v) is 11.6. The van der Waals surface area contributed by atoms with Crippen LogP contribution in [0.5, 0.6) is 5.75 Å². The Morgan fingerprint density at radius 1 is 0.972 bits per heavy atom. The Kier molecular flexibility index (Phi) is 7.15. The fourth-order valence-corrected chi connectivity index (χ4v) is 4.01. The third-order valence-corrected chi connectivity index (χ3v) is 6.06. The van der Waals surface area contributed by atoms with Gasteiger partial charge in [-0.15, -0.1) is 0 Å². The zero-order chi connectivity index (χ0) is 25.8. The van der Waals surface area contributed by atoms with Crippen molar-refractivity contribution >= 4 is 28.3 Å². The molecule has 1 aromatic heterocycles. The van der Waals surface area contributed by atoms with E-state index in [1.807, 2.05) is 24.3 Å². The summed E-state index contributed by atoms with van der Waals surface area (Å²) in [6.45, 7) is 4.17. The molecule has 0 aliphatic heterocycles. The summed E-state index contributed by atoms with van der Waals surface area (Å²) in [5.74, 6) is -0.0901. The molecule has 0 saturated heterocycles. The molecule has 0 unspecified atom stereocenters. The molecule has 0 spiro atoms. The van der Waals surface area contributed by atoms with Gasteiger partial charge in [-0.2, -0.15) is 5.10 Å². The number of ether oxygens (including phenoxy) is 1. The zero-order valence-corrected chi connectivity index (χ0v) is 20.5. The average Bonchev–Trinajstić information content (AvgIpc) is 2.89. The quantitative estimate of drug-likeness (QED) is 0.409. The minimum atomic E-state index is -0.773. The number of nitrogens with zero attached hydrogens (tertiary/aromatic N) is 3. The van der Waals surface area contributed by atoms with Crippen LogP contribution in [0.2, 0.25) is 0 Å². The second-order valence-electron chi connectivity index (χ2n) is 8.80. The molecular formula is C28H28N4O4. The third kappa shape index (κ3) is 5.12. The van der Waals surface area contributed by atoms with E-state index in [2.05, 4.69) is 18.9 Å². The number of methoxy groups -OCH3 is 1. The molecule has 3 aromatic carbocycles. The van der Waals surface area contributed by atoms with Gasteiger partial charge in [0.1, 0.15) is 12.3 Å². The van der Waals surface area contributed by atoms with E-state index in [1.54, 1.807) is 60.5 Å². The lowest BCUT2D eigenvalue weighted by Crippen LogP contribution is -2.38. The molecule has 8 heteroatoms. The predicted octanol–water partition coefficient (Wildman–Crippen LogP) is 3.86. The van der Waals surface area contributed by atoms with Crippen molar-refractivity contribution in [3.8, 4) is 5.75 Å². The Morgan fingerprint density at radius 3 is 2.19 bits per heavy atom. The average molecular weight is 485 g/mol. The van der Waals surface area contributed by atoms with Gasteiger partial charge in [-0.1, -0.05) is 56.3 Å². The Morgan fingerprint density at radius 2 is 1.61 bits per heavy atom. The molecule has 1 heterocycles. The number of carbonyl (C=O) groups is 2. The number of benzene rings is 3. The van der Waals surface area contributed by atoms with Gasteiger partial charge < -0.3 is 15.4 Å². The van der Waals surface area contributed by atoms with E-state index >= 15 is 0 Å².